The molecule has 3 aromatic carbocycles. The van der Waals surface area contributed by atoms with Gasteiger partial charge in [0.05, 0.1) is 26.3 Å². The van der Waals surface area contributed by atoms with Crippen LogP contribution in [0.1, 0.15) is 11.1 Å². The second kappa shape index (κ2) is 12.0. The van der Waals surface area contributed by atoms with Gasteiger partial charge in [0.15, 0.2) is 11.5 Å². The number of anilines is 1. The van der Waals surface area contributed by atoms with Crippen LogP contribution >= 0.6 is 46.0 Å². The maximum Gasteiger partial charge on any atom is 0.294 e. The van der Waals surface area contributed by atoms with Crippen molar-refractivity contribution in [1.29, 1.82) is 0 Å². The average molecular weight is 653 g/mol. The molecule has 0 atom stereocenters. The van der Waals surface area contributed by atoms with Gasteiger partial charge in [-0.05, 0) is 88.0 Å². The molecule has 0 aliphatic carbocycles. The Labute approximate surface area is 235 Å². The Morgan fingerprint density at radius 2 is 1.95 bits per heavy atom. The number of methoxy groups -OCH3 is 1. The van der Waals surface area contributed by atoms with Crippen LogP contribution in [0.25, 0.3) is 6.08 Å². The summed E-state index contributed by atoms with van der Waals surface area (Å²) in [4.78, 5) is 38.8. The minimum atomic E-state index is -0.579. The van der Waals surface area contributed by atoms with E-state index in [1.165, 1.54) is 19.2 Å². The molecule has 11 heteroatoms. The summed E-state index contributed by atoms with van der Waals surface area (Å²) in [5, 5.41) is 2.39. The van der Waals surface area contributed by atoms with Crippen LogP contribution in [0.2, 0.25) is 5.02 Å². The molecule has 1 aliphatic rings. The Hall–Kier alpha value is -3.09. The zero-order valence-electron chi connectivity index (χ0n) is 19.3. The molecular formula is C26H19ClFIN2O5S. The molecule has 0 bridgehead atoms. The van der Waals surface area contributed by atoms with Crippen molar-refractivity contribution in [1.82, 2.24) is 4.90 Å². The van der Waals surface area contributed by atoms with Gasteiger partial charge in [-0.15, -0.1) is 0 Å². The second-order valence-electron chi connectivity index (χ2n) is 7.75. The van der Waals surface area contributed by atoms with Crippen molar-refractivity contribution in [3.63, 3.8) is 0 Å². The number of nitrogens with zero attached hydrogens (tertiary/aromatic N) is 1. The molecule has 1 saturated heterocycles. The van der Waals surface area contributed by atoms with E-state index in [2.05, 4.69) is 27.9 Å². The minimum Gasteiger partial charge on any atom is -0.493 e. The summed E-state index contributed by atoms with van der Waals surface area (Å²) >= 11 is 8.87. The number of hydrogen-bond donors (Lipinski definition) is 1. The highest BCUT2D eigenvalue weighted by Gasteiger charge is 2.36. The summed E-state index contributed by atoms with van der Waals surface area (Å²) in [5.41, 5.74) is 1.65. The van der Waals surface area contributed by atoms with Crippen LogP contribution in [0.3, 0.4) is 0 Å². The molecule has 37 heavy (non-hydrogen) atoms. The normalized spacial score (nSPS) is 14.3. The molecule has 3 aromatic rings. The zero-order chi connectivity index (χ0) is 26.5. The number of halogens is 3. The van der Waals surface area contributed by atoms with Crippen molar-refractivity contribution < 1.29 is 28.2 Å². The quantitative estimate of drug-likeness (QED) is 0.226. The van der Waals surface area contributed by atoms with Crippen molar-refractivity contribution in [2.24, 2.45) is 0 Å². The highest BCUT2D eigenvalue weighted by molar-refractivity contribution is 14.1. The number of rotatable bonds is 8. The SMILES string of the molecule is COc1cc(/C=C2/SC(=O)N(CC(=O)Nc3ccccc3Cl)C2=O)cc(I)c1OCc1cccc(F)c1. The van der Waals surface area contributed by atoms with E-state index in [0.29, 0.717) is 36.9 Å². The number of amides is 3. The first-order chi connectivity index (χ1) is 17.7. The smallest absolute Gasteiger partial charge is 0.294 e. The summed E-state index contributed by atoms with van der Waals surface area (Å²) in [6.45, 7) is -0.306. The number of benzene rings is 3. The highest BCUT2D eigenvalue weighted by atomic mass is 127. The van der Waals surface area contributed by atoms with E-state index < -0.39 is 23.6 Å². The molecule has 3 amide bonds. The summed E-state index contributed by atoms with van der Waals surface area (Å²) in [6, 6.07) is 16.2. The number of hydrogen-bond acceptors (Lipinski definition) is 6. The third kappa shape index (κ3) is 6.62. The Morgan fingerprint density at radius 1 is 1.16 bits per heavy atom. The first kappa shape index (κ1) is 27.0. The van der Waals surface area contributed by atoms with Crippen molar-refractivity contribution in [3.8, 4) is 11.5 Å². The Morgan fingerprint density at radius 3 is 2.68 bits per heavy atom. The monoisotopic (exact) mass is 652 g/mol. The van der Waals surface area contributed by atoms with Gasteiger partial charge in [-0.2, -0.15) is 0 Å². The summed E-state index contributed by atoms with van der Waals surface area (Å²) in [6.07, 6.45) is 1.55. The van der Waals surface area contributed by atoms with E-state index >= 15 is 0 Å². The van der Waals surface area contributed by atoms with Crippen molar-refractivity contribution >= 4 is 74.8 Å². The van der Waals surface area contributed by atoms with Crippen molar-refractivity contribution in [2.75, 3.05) is 19.0 Å². The van der Waals surface area contributed by atoms with E-state index in [4.69, 9.17) is 21.1 Å². The number of para-hydroxylation sites is 1. The van der Waals surface area contributed by atoms with E-state index in [0.717, 1.165) is 16.7 Å². The lowest BCUT2D eigenvalue weighted by atomic mass is 10.1. The van der Waals surface area contributed by atoms with Crippen LogP contribution in [0.15, 0.2) is 65.6 Å². The fraction of sp³-hybridized carbons (Fsp3) is 0.115. The van der Waals surface area contributed by atoms with Gasteiger partial charge in [0, 0.05) is 0 Å². The van der Waals surface area contributed by atoms with E-state index in [1.54, 1.807) is 54.6 Å². The third-order valence-corrected chi connectivity index (χ3v) is 7.18. The van der Waals surface area contributed by atoms with Gasteiger partial charge in [-0.1, -0.05) is 35.9 Å². The van der Waals surface area contributed by atoms with Crippen LogP contribution in [0, 0.1) is 9.39 Å². The Balaban J connectivity index is 1.48. The molecule has 0 radical (unpaired) electrons. The van der Waals surface area contributed by atoms with Gasteiger partial charge >= 0.3 is 0 Å². The van der Waals surface area contributed by atoms with Gasteiger partial charge in [-0.3, -0.25) is 19.3 Å². The molecule has 0 spiro atoms. The molecule has 7 nitrogen and oxygen atoms in total. The summed E-state index contributed by atoms with van der Waals surface area (Å²) < 4.78 is 25.5. The lowest BCUT2D eigenvalue weighted by Gasteiger charge is -2.14. The van der Waals surface area contributed by atoms with Gasteiger partial charge in [0.2, 0.25) is 5.91 Å². The van der Waals surface area contributed by atoms with Crippen LogP contribution in [0.4, 0.5) is 14.9 Å². The largest absolute Gasteiger partial charge is 0.493 e. The first-order valence-corrected chi connectivity index (χ1v) is 13.1. The van der Waals surface area contributed by atoms with Gasteiger partial charge in [-0.25, -0.2) is 4.39 Å². The van der Waals surface area contributed by atoms with Gasteiger partial charge in [0.25, 0.3) is 11.1 Å². The van der Waals surface area contributed by atoms with Gasteiger partial charge in [0.1, 0.15) is 19.0 Å². The molecule has 190 valence electrons. The molecule has 4 rings (SSSR count). The molecule has 0 saturated carbocycles. The number of carbonyl (C=O) groups is 3. The number of ether oxygens (including phenoxy) is 2. The van der Waals surface area contributed by atoms with Gasteiger partial charge < -0.3 is 14.8 Å². The fourth-order valence-corrected chi connectivity index (χ4v) is 5.23. The number of thioether (sulfide) groups is 1. The maximum atomic E-state index is 13.5. The molecule has 1 aliphatic heterocycles. The zero-order valence-corrected chi connectivity index (χ0v) is 23.0. The van der Waals surface area contributed by atoms with Crippen LogP contribution in [0.5, 0.6) is 11.5 Å². The molecule has 0 aromatic heterocycles. The standard InChI is InChI=1S/C26H19ClFIN2O5S/c1-35-21-11-16(10-19(29)24(21)36-14-15-5-4-6-17(28)9-15)12-22-25(33)31(26(34)37-22)13-23(32)30-20-8-3-2-7-18(20)27/h2-12H,13-14H2,1H3,(H,30,32)/b22-12+. The molecule has 1 fully saturated rings. The van der Waals surface area contributed by atoms with Crippen molar-refractivity contribution in [2.45, 2.75) is 6.61 Å². The average Bonchev–Trinajstić information content (AvgIpc) is 3.11. The predicted molar refractivity (Wildman–Crippen MR) is 149 cm³/mol. The molecular weight excluding hydrogens is 634 g/mol. The van der Waals surface area contributed by atoms with Crippen LogP contribution in [-0.4, -0.2) is 35.6 Å². The first-order valence-electron chi connectivity index (χ1n) is 10.8. The summed E-state index contributed by atoms with van der Waals surface area (Å²) in [5.74, 6) is -0.604. The molecule has 1 N–H and O–H groups in total. The molecule has 1 heterocycles. The lowest BCUT2D eigenvalue weighted by molar-refractivity contribution is -0.127. The van der Waals surface area contributed by atoms with Crippen molar-refractivity contribution in [3.05, 3.63) is 91.1 Å². The Kier molecular flexibility index (Phi) is 8.72. The second-order valence-corrected chi connectivity index (χ2v) is 10.3. The van der Waals surface area contributed by atoms with Crippen LogP contribution in [-0.2, 0) is 16.2 Å². The van der Waals surface area contributed by atoms with E-state index in [1.807, 2.05) is 0 Å². The Bertz CT molecular complexity index is 1420. The number of imide groups is 1. The highest BCUT2D eigenvalue weighted by Crippen LogP contribution is 2.37. The third-order valence-electron chi connectivity index (χ3n) is 5.14. The van der Waals surface area contributed by atoms with Crippen LogP contribution < -0.4 is 14.8 Å². The predicted octanol–water partition coefficient (Wildman–Crippen LogP) is 6.35. The lowest BCUT2D eigenvalue weighted by Crippen LogP contribution is -2.36. The van der Waals surface area contributed by atoms with E-state index in [-0.39, 0.29) is 17.3 Å². The minimum absolute atomic E-state index is 0.138. The van der Waals surface area contributed by atoms with E-state index in [9.17, 15) is 18.8 Å². The number of nitrogens with one attached hydrogen (secondary N) is 1. The fourth-order valence-electron chi connectivity index (χ4n) is 3.43. The summed E-state index contributed by atoms with van der Waals surface area (Å²) in [7, 11) is 1.48. The number of carbonyl (C=O) groups excluding carboxylic acids is 3. The topological polar surface area (TPSA) is 84.9 Å². The molecule has 0 unspecified atom stereocenters. The maximum absolute atomic E-state index is 13.5.